The molecule has 0 bridgehead atoms. The Kier molecular flexibility index (Phi) is 11.5. The van der Waals surface area contributed by atoms with Crippen LogP contribution < -0.4 is 19.1 Å². The molecular weight excluding hydrogens is 601 g/mol. The summed E-state index contributed by atoms with van der Waals surface area (Å²) in [5, 5.41) is 3.45. The quantitative estimate of drug-likeness (QED) is 0.270. The first kappa shape index (κ1) is 33.0. The summed E-state index contributed by atoms with van der Waals surface area (Å²) >= 11 is 12.9. The first-order chi connectivity index (χ1) is 19.9. The van der Waals surface area contributed by atoms with Gasteiger partial charge in [-0.25, -0.2) is 8.42 Å². The Hall–Kier alpha value is -3.47. The number of halogens is 2. The molecule has 0 aliphatic heterocycles. The van der Waals surface area contributed by atoms with Crippen molar-refractivity contribution in [3.63, 3.8) is 0 Å². The van der Waals surface area contributed by atoms with Crippen LogP contribution >= 0.6 is 23.2 Å². The van der Waals surface area contributed by atoms with Gasteiger partial charge in [0.25, 0.3) is 10.0 Å². The maximum Gasteiger partial charge on any atom is 0.264 e. The SMILES string of the molecule is COc1ccc(OC)c(N(CC(=O)N(Cc2c(Cl)cccc2Cl)[C@@H](C)C(=O)NCC(C)C)S(=O)(=O)c2ccccc2)c1. The highest BCUT2D eigenvalue weighted by atomic mass is 35.5. The van der Waals surface area contributed by atoms with Gasteiger partial charge in [-0.1, -0.05) is 61.3 Å². The van der Waals surface area contributed by atoms with Crippen LogP contribution in [0.3, 0.4) is 0 Å². The molecule has 0 unspecified atom stereocenters. The van der Waals surface area contributed by atoms with Crippen LogP contribution in [0.5, 0.6) is 11.5 Å². The average Bonchev–Trinajstić information content (AvgIpc) is 2.98. The van der Waals surface area contributed by atoms with Crippen molar-refractivity contribution in [3.05, 3.63) is 82.3 Å². The Morgan fingerprint density at radius 3 is 2.12 bits per heavy atom. The van der Waals surface area contributed by atoms with Crippen molar-refractivity contribution in [2.45, 2.75) is 38.3 Å². The van der Waals surface area contributed by atoms with Gasteiger partial charge in [0, 0.05) is 34.8 Å². The molecule has 0 saturated carbocycles. The van der Waals surface area contributed by atoms with Crippen molar-refractivity contribution < 1.29 is 27.5 Å². The second kappa shape index (κ2) is 14.6. The summed E-state index contributed by atoms with van der Waals surface area (Å²) in [4.78, 5) is 28.6. The number of nitrogens with zero attached hydrogens (tertiary/aromatic N) is 2. The molecule has 0 radical (unpaired) electrons. The molecule has 0 fully saturated rings. The fourth-order valence-corrected chi connectivity index (χ4v) is 6.07. The molecule has 0 spiro atoms. The lowest BCUT2D eigenvalue weighted by molar-refractivity contribution is -0.139. The molecule has 1 atom stereocenters. The van der Waals surface area contributed by atoms with Crippen LogP contribution in [0.4, 0.5) is 5.69 Å². The van der Waals surface area contributed by atoms with Gasteiger partial charge < -0.3 is 19.7 Å². The minimum absolute atomic E-state index is 0.0360. The molecule has 0 aliphatic carbocycles. The number of hydrogen-bond donors (Lipinski definition) is 1. The van der Waals surface area contributed by atoms with E-state index in [1.54, 1.807) is 55.5 Å². The predicted molar refractivity (Wildman–Crippen MR) is 165 cm³/mol. The molecule has 226 valence electrons. The van der Waals surface area contributed by atoms with Crippen molar-refractivity contribution in [3.8, 4) is 11.5 Å². The van der Waals surface area contributed by atoms with Gasteiger partial charge in [0.15, 0.2) is 0 Å². The van der Waals surface area contributed by atoms with E-state index in [1.165, 1.54) is 37.3 Å². The van der Waals surface area contributed by atoms with Crippen molar-refractivity contribution in [1.82, 2.24) is 10.2 Å². The fourth-order valence-electron chi connectivity index (χ4n) is 4.11. The van der Waals surface area contributed by atoms with Crippen molar-refractivity contribution in [2.75, 3.05) is 31.6 Å². The Balaban J connectivity index is 2.13. The Labute approximate surface area is 257 Å². The standard InChI is InChI=1S/C30H35Cl2N3O6S/c1-20(2)17-33-30(37)21(3)34(18-24-25(31)12-9-13-26(24)32)29(36)19-35(42(38,39)23-10-7-6-8-11-23)27-16-22(40-4)14-15-28(27)41-5/h6-16,20-21H,17-19H2,1-5H3,(H,33,37)/t21-/m0/s1. The molecular formula is C30H35Cl2N3O6S. The summed E-state index contributed by atoms with van der Waals surface area (Å²) in [5.41, 5.74) is 0.510. The molecule has 3 rings (SSSR count). The maximum atomic E-state index is 14.2. The number of methoxy groups -OCH3 is 2. The van der Waals surface area contributed by atoms with Gasteiger partial charge in [-0.2, -0.15) is 0 Å². The van der Waals surface area contributed by atoms with Crippen LogP contribution in [0.15, 0.2) is 71.6 Å². The zero-order chi connectivity index (χ0) is 31.0. The van der Waals surface area contributed by atoms with E-state index >= 15 is 0 Å². The number of rotatable bonds is 13. The number of sulfonamides is 1. The molecule has 0 aliphatic rings. The Morgan fingerprint density at radius 2 is 1.55 bits per heavy atom. The zero-order valence-electron chi connectivity index (χ0n) is 24.1. The summed E-state index contributed by atoms with van der Waals surface area (Å²) in [6.45, 7) is 5.07. The zero-order valence-corrected chi connectivity index (χ0v) is 26.5. The topological polar surface area (TPSA) is 105 Å². The third kappa shape index (κ3) is 7.87. The summed E-state index contributed by atoms with van der Waals surface area (Å²) in [5.74, 6) is -0.339. The van der Waals surface area contributed by atoms with Crippen molar-refractivity contribution in [2.24, 2.45) is 5.92 Å². The van der Waals surface area contributed by atoms with Crippen LogP contribution in [0.25, 0.3) is 0 Å². The average molecular weight is 637 g/mol. The maximum absolute atomic E-state index is 14.2. The number of ether oxygens (including phenoxy) is 2. The fraction of sp³-hybridized carbons (Fsp3) is 0.333. The van der Waals surface area contributed by atoms with Gasteiger partial charge in [-0.05, 0) is 49.2 Å². The summed E-state index contributed by atoms with van der Waals surface area (Å²) in [6, 6.07) is 16.3. The number of hydrogen-bond acceptors (Lipinski definition) is 6. The van der Waals surface area contributed by atoms with Gasteiger partial charge >= 0.3 is 0 Å². The second-order valence-corrected chi connectivity index (χ2v) is 12.6. The molecule has 0 heterocycles. The normalized spacial score (nSPS) is 12.0. The Morgan fingerprint density at radius 1 is 0.905 bits per heavy atom. The van der Waals surface area contributed by atoms with Crippen molar-refractivity contribution in [1.29, 1.82) is 0 Å². The predicted octanol–water partition coefficient (Wildman–Crippen LogP) is 5.40. The van der Waals surface area contributed by atoms with Gasteiger partial charge in [-0.3, -0.25) is 13.9 Å². The minimum atomic E-state index is -4.30. The largest absolute Gasteiger partial charge is 0.497 e. The number of nitrogens with one attached hydrogen (secondary N) is 1. The first-order valence-electron chi connectivity index (χ1n) is 13.2. The highest BCUT2D eigenvalue weighted by molar-refractivity contribution is 7.92. The number of amides is 2. The second-order valence-electron chi connectivity index (χ2n) is 9.90. The van der Waals surface area contributed by atoms with E-state index in [-0.39, 0.29) is 28.8 Å². The molecule has 2 amide bonds. The lowest BCUT2D eigenvalue weighted by Crippen LogP contribution is -2.51. The van der Waals surface area contributed by atoms with E-state index in [4.69, 9.17) is 32.7 Å². The lowest BCUT2D eigenvalue weighted by atomic mass is 10.1. The molecule has 1 N–H and O–H groups in total. The van der Waals surface area contributed by atoms with Crippen molar-refractivity contribution >= 4 is 50.7 Å². The van der Waals surface area contributed by atoms with Crippen LogP contribution in [0.1, 0.15) is 26.3 Å². The van der Waals surface area contributed by atoms with E-state index in [2.05, 4.69) is 5.32 Å². The highest BCUT2D eigenvalue weighted by Crippen LogP contribution is 2.36. The first-order valence-corrected chi connectivity index (χ1v) is 15.4. The lowest BCUT2D eigenvalue weighted by Gasteiger charge is -2.33. The molecule has 0 aromatic heterocycles. The van der Waals surface area contributed by atoms with E-state index in [0.29, 0.717) is 27.9 Å². The van der Waals surface area contributed by atoms with Gasteiger partial charge in [0.2, 0.25) is 11.8 Å². The number of benzene rings is 3. The van der Waals surface area contributed by atoms with E-state index in [0.717, 1.165) is 4.31 Å². The van der Waals surface area contributed by atoms with Crippen LogP contribution in [-0.2, 0) is 26.2 Å². The Bertz CT molecular complexity index is 1480. The van der Waals surface area contributed by atoms with Gasteiger partial charge in [-0.15, -0.1) is 0 Å². The van der Waals surface area contributed by atoms with Gasteiger partial charge in [0.1, 0.15) is 24.1 Å². The van der Waals surface area contributed by atoms with E-state index < -0.39 is 34.4 Å². The smallest absolute Gasteiger partial charge is 0.264 e. The molecule has 12 heteroatoms. The molecule has 9 nitrogen and oxygen atoms in total. The molecule has 3 aromatic carbocycles. The number of carbonyl (C=O) groups is 2. The molecule has 42 heavy (non-hydrogen) atoms. The van der Waals surface area contributed by atoms with Crippen LogP contribution in [-0.4, -0.2) is 58.5 Å². The summed E-state index contributed by atoms with van der Waals surface area (Å²) in [6.07, 6.45) is 0. The van der Waals surface area contributed by atoms with E-state index in [9.17, 15) is 18.0 Å². The van der Waals surface area contributed by atoms with E-state index in [1.807, 2.05) is 13.8 Å². The monoisotopic (exact) mass is 635 g/mol. The number of carbonyl (C=O) groups excluding carboxylic acids is 2. The third-order valence-electron chi connectivity index (χ3n) is 6.51. The molecule has 0 saturated heterocycles. The van der Waals surface area contributed by atoms with Crippen LogP contribution in [0, 0.1) is 5.92 Å². The number of anilines is 1. The minimum Gasteiger partial charge on any atom is -0.497 e. The summed E-state index contributed by atoms with van der Waals surface area (Å²) < 4.78 is 39.9. The molecule has 3 aromatic rings. The highest BCUT2D eigenvalue weighted by Gasteiger charge is 2.34. The summed E-state index contributed by atoms with van der Waals surface area (Å²) in [7, 11) is -1.46. The third-order valence-corrected chi connectivity index (χ3v) is 8.99. The van der Waals surface area contributed by atoms with Crippen LogP contribution in [0.2, 0.25) is 10.0 Å². The van der Waals surface area contributed by atoms with Gasteiger partial charge in [0.05, 0.1) is 24.8 Å².